The second-order valence-electron chi connectivity index (χ2n) is 5.50. The van der Waals surface area contributed by atoms with Crippen molar-refractivity contribution < 1.29 is 9.59 Å². The first-order valence-electron chi connectivity index (χ1n) is 7.71. The molecule has 1 aromatic heterocycles. The number of hydrogen-bond acceptors (Lipinski definition) is 4. The average Bonchev–Trinajstić information content (AvgIpc) is 3.12. The molecule has 1 aliphatic heterocycles. The monoisotopic (exact) mass is 329 g/mol. The standard InChI is InChI=1S/C17H19N3O2S/c21-16(14-4-1-2-10-18-14)19-12-6-8-13(9-7-12)20-17(22)15-5-3-11-23-15/h3,5-9,11,14,18H,1-2,4,10H2,(H,19,21)(H,20,22). The molecule has 1 atom stereocenters. The number of carbonyl (C=O) groups is 2. The van der Waals surface area contributed by atoms with Crippen LogP contribution in [0, 0.1) is 0 Å². The summed E-state index contributed by atoms with van der Waals surface area (Å²) in [6.07, 6.45) is 3.09. The third-order valence-electron chi connectivity index (χ3n) is 3.78. The molecule has 2 aromatic rings. The number of carbonyl (C=O) groups excluding carboxylic acids is 2. The number of piperidine rings is 1. The van der Waals surface area contributed by atoms with Gasteiger partial charge in [0.15, 0.2) is 0 Å². The van der Waals surface area contributed by atoms with Gasteiger partial charge in [-0.3, -0.25) is 9.59 Å². The summed E-state index contributed by atoms with van der Waals surface area (Å²) in [6, 6.07) is 10.7. The Morgan fingerprint density at radius 1 is 1.04 bits per heavy atom. The van der Waals surface area contributed by atoms with Crippen LogP contribution in [0.3, 0.4) is 0 Å². The van der Waals surface area contributed by atoms with Gasteiger partial charge in [-0.15, -0.1) is 11.3 Å². The van der Waals surface area contributed by atoms with E-state index in [0.717, 1.165) is 31.5 Å². The highest BCUT2D eigenvalue weighted by Crippen LogP contribution is 2.17. The molecule has 1 aromatic carbocycles. The van der Waals surface area contributed by atoms with Crippen LogP contribution in [0.15, 0.2) is 41.8 Å². The fourth-order valence-electron chi connectivity index (χ4n) is 2.54. The molecule has 1 fully saturated rings. The van der Waals surface area contributed by atoms with Gasteiger partial charge in [0, 0.05) is 11.4 Å². The quantitative estimate of drug-likeness (QED) is 0.807. The number of anilines is 2. The van der Waals surface area contributed by atoms with E-state index in [1.807, 2.05) is 11.4 Å². The molecular formula is C17H19N3O2S. The number of rotatable bonds is 4. The highest BCUT2D eigenvalue weighted by atomic mass is 32.1. The Labute approximate surface area is 139 Å². The van der Waals surface area contributed by atoms with Gasteiger partial charge < -0.3 is 16.0 Å². The van der Waals surface area contributed by atoms with Crippen molar-refractivity contribution in [2.75, 3.05) is 17.2 Å². The second-order valence-corrected chi connectivity index (χ2v) is 6.45. The largest absolute Gasteiger partial charge is 0.325 e. The highest BCUT2D eigenvalue weighted by molar-refractivity contribution is 7.12. The molecule has 5 nitrogen and oxygen atoms in total. The van der Waals surface area contributed by atoms with Crippen molar-refractivity contribution in [2.24, 2.45) is 0 Å². The van der Waals surface area contributed by atoms with Gasteiger partial charge in [0.2, 0.25) is 5.91 Å². The Morgan fingerprint density at radius 2 is 1.78 bits per heavy atom. The SMILES string of the molecule is O=C(Nc1ccc(NC(=O)C2CCCCN2)cc1)c1cccs1. The molecule has 3 N–H and O–H groups in total. The summed E-state index contributed by atoms with van der Waals surface area (Å²) in [6.45, 7) is 0.895. The van der Waals surface area contributed by atoms with Crippen LogP contribution >= 0.6 is 11.3 Å². The molecule has 23 heavy (non-hydrogen) atoms. The normalized spacial score (nSPS) is 17.5. The zero-order valence-corrected chi connectivity index (χ0v) is 13.5. The minimum absolute atomic E-state index is 0.0000659. The highest BCUT2D eigenvalue weighted by Gasteiger charge is 2.20. The number of benzene rings is 1. The van der Waals surface area contributed by atoms with Crippen molar-refractivity contribution >= 4 is 34.5 Å². The van der Waals surface area contributed by atoms with Gasteiger partial charge in [-0.25, -0.2) is 0 Å². The van der Waals surface area contributed by atoms with Crippen molar-refractivity contribution in [2.45, 2.75) is 25.3 Å². The van der Waals surface area contributed by atoms with Crippen molar-refractivity contribution in [3.63, 3.8) is 0 Å². The third-order valence-corrected chi connectivity index (χ3v) is 4.65. The van der Waals surface area contributed by atoms with Crippen LogP contribution in [0.5, 0.6) is 0 Å². The topological polar surface area (TPSA) is 70.2 Å². The van der Waals surface area contributed by atoms with Gasteiger partial charge in [0.25, 0.3) is 5.91 Å². The molecule has 1 unspecified atom stereocenters. The van der Waals surface area contributed by atoms with Gasteiger partial charge in [-0.2, -0.15) is 0 Å². The second kappa shape index (κ2) is 7.39. The molecule has 2 amide bonds. The Bertz CT molecular complexity index is 662. The number of amides is 2. The summed E-state index contributed by atoms with van der Waals surface area (Å²) in [4.78, 5) is 24.8. The van der Waals surface area contributed by atoms with Crippen LogP contribution in [-0.4, -0.2) is 24.4 Å². The zero-order chi connectivity index (χ0) is 16.1. The number of hydrogen-bond donors (Lipinski definition) is 3. The number of nitrogens with one attached hydrogen (secondary N) is 3. The molecule has 1 saturated heterocycles. The van der Waals surface area contributed by atoms with Crippen LogP contribution in [0.4, 0.5) is 11.4 Å². The molecule has 1 aliphatic rings. The molecular weight excluding hydrogens is 310 g/mol. The predicted molar refractivity (Wildman–Crippen MR) is 93.0 cm³/mol. The van der Waals surface area contributed by atoms with E-state index in [1.54, 1.807) is 30.3 Å². The van der Waals surface area contributed by atoms with Crippen LogP contribution < -0.4 is 16.0 Å². The Balaban J connectivity index is 1.56. The van der Waals surface area contributed by atoms with E-state index >= 15 is 0 Å². The van der Waals surface area contributed by atoms with E-state index in [2.05, 4.69) is 16.0 Å². The smallest absolute Gasteiger partial charge is 0.265 e. The Morgan fingerprint density at radius 3 is 2.39 bits per heavy atom. The van der Waals surface area contributed by atoms with Crippen molar-refractivity contribution in [3.05, 3.63) is 46.7 Å². The summed E-state index contributed by atoms with van der Waals surface area (Å²) < 4.78 is 0. The molecule has 0 radical (unpaired) electrons. The number of thiophene rings is 1. The van der Waals surface area contributed by atoms with E-state index in [-0.39, 0.29) is 17.9 Å². The minimum Gasteiger partial charge on any atom is -0.325 e. The molecule has 120 valence electrons. The fraction of sp³-hybridized carbons (Fsp3) is 0.294. The Kier molecular flexibility index (Phi) is 5.05. The molecule has 0 saturated carbocycles. The van der Waals surface area contributed by atoms with E-state index in [9.17, 15) is 9.59 Å². The first-order chi connectivity index (χ1) is 11.2. The van der Waals surface area contributed by atoms with Crippen LogP contribution in [0.25, 0.3) is 0 Å². The van der Waals surface area contributed by atoms with Crippen LogP contribution in [0.1, 0.15) is 28.9 Å². The van der Waals surface area contributed by atoms with Gasteiger partial charge in [-0.1, -0.05) is 12.5 Å². The summed E-state index contributed by atoms with van der Waals surface area (Å²) >= 11 is 1.40. The molecule has 6 heteroatoms. The lowest BCUT2D eigenvalue weighted by molar-refractivity contribution is -0.118. The molecule has 2 heterocycles. The lowest BCUT2D eigenvalue weighted by Crippen LogP contribution is -2.43. The first kappa shape index (κ1) is 15.7. The maximum absolute atomic E-state index is 12.1. The first-order valence-corrected chi connectivity index (χ1v) is 8.59. The minimum atomic E-state index is -0.122. The Hall–Kier alpha value is -2.18. The van der Waals surface area contributed by atoms with Gasteiger partial charge in [0.05, 0.1) is 10.9 Å². The van der Waals surface area contributed by atoms with Crippen LogP contribution in [-0.2, 0) is 4.79 Å². The van der Waals surface area contributed by atoms with E-state index in [0.29, 0.717) is 10.6 Å². The zero-order valence-electron chi connectivity index (χ0n) is 12.7. The fourth-order valence-corrected chi connectivity index (χ4v) is 3.16. The summed E-state index contributed by atoms with van der Waals surface area (Å²) in [5.41, 5.74) is 1.44. The maximum Gasteiger partial charge on any atom is 0.265 e. The van der Waals surface area contributed by atoms with Gasteiger partial charge in [0.1, 0.15) is 0 Å². The summed E-state index contributed by atoms with van der Waals surface area (Å²) in [7, 11) is 0. The van der Waals surface area contributed by atoms with E-state index < -0.39 is 0 Å². The maximum atomic E-state index is 12.1. The van der Waals surface area contributed by atoms with Crippen LogP contribution in [0.2, 0.25) is 0 Å². The summed E-state index contributed by atoms with van der Waals surface area (Å²) in [5.74, 6) is -0.122. The van der Waals surface area contributed by atoms with Gasteiger partial charge >= 0.3 is 0 Å². The van der Waals surface area contributed by atoms with Crippen molar-refractivity contribution in [1.29, 1.82) is 0 Å². The predicted octanol–water partition coefficient (Wildman–Crippen LogP) is 3.08. The van der Waals surface area contributed by atoms with E-state index in [1.165, 1.54) is 11.3 Å². The summed E-state index contributed by atoms with van der Waals surface area (Å²) in [5, 5.41) is 10.8. The lowest BCUT2D eigenvalue weighted by atomic mass is 10.0. The van der Waals surface area contributed by atoms with E-state index in [4.69, 9.17) is 0 Å². The van der Waals surface area contributed by atoms with Gasteiger partial charge in [-0.05, 0) is 55.1 Å². The average molecular weight is 329 g/mol. The lowest BCUT2D eigenvalue weighted by Gasteiger charge is -2.22. The van der Waals surface area contributed by atoms with Crippen molar-refractivity contribution in [1.82, 2.24) is 5.32 Å². The molecule has 3 rings (SSSR count). The molecule has 0 aliphatic carbocycles. The molecule has 0 spiro atoms. The third kappa shape index (κ3) is 4.18. The van der Waals surface area contributed by atoms with Crippen molar-refractivity contribution in [3.8, 4) is 0 Å². The molecule has 0 bridgehead atoms.